The minimum atomic E-state index is 0.311. The standard InChI is InChI=1S/C12H11ClN2O/c1-8-3-4-11(10(13)7-8)16-12-14-6-5-9(2)15-12/h3-7H,1-2H3. The second-order valence-corrected chi connectivity index (χ2v) is 3.92. The van der Waals surface area contributed by atoms with Gasteiger partial charge in [-0.05, 0) is 37.6 Å². The molecule has 0 unspecified atom stereocenters. The molecule has 0 saturated carbocycles. The second kappa shape index (κ2) is 4.49. The lowest BCUT2D eigenvalue weighted by Crippen LogP contribution is -1.93. The van der Waals surface area contributed by atoms with Crippen LogP contribution in [0.4, 0.5) is 0 Å². The van der Waals surface area contributed by atoms with E-state index in [4.69, 9.17) is 16.3 Å². The number of hydrogen-bond donors (Lipinski definition) is 0. The van der Waals surface area contributed by atoms with E-state index in [1.54, 1.807) is 6.20 Å². The van der Waals surface area contributed by atoms with Crippen molar-refractivity contribution in [2.24, 2.45) is 0 Å². The molecule has 0 saturated heterocycles. The Morgan fingerprint density at radius 2 is 2.00 bits per heavy atom. The van der Waals surface area contributed by atoms with Gasteiger partial charge in [0.25, 0.3) is 0 Å². The minimum absolute atomic E-state index is 0.311. The van der Waals surface area contributed by atoms with Crippen LogP contribution >= 0.6 is 11.6 Å². The molecular formula is C12H11ClN2O. The lowest BCUT2D eigenvalue weighted by atomic mass is 10.2. The summed E-state index contributed by atoms with van der Waals surface area (Å²) in [4.78, 5) is 8.15. The zero-order valence-corrected chi connectivity index (χ0v) is 9.82. The van der Waals surface area contributed by atoms with Gasteiger partial charge in [0.15, 0.2) is 0 Å². The van der Waals surface area contributed by atoms with Gasteiger partial charge < -0.3 is 4.74 Å². The highest BCUT2D eigenvalue weighted by atomic mass is 35.5. The van der Waals surface area contributed by atoms with Crippen LogP contribution in [0.5, 0.6) is 11.8 Å². The molecule has 0 radical (unpaired) electrons. The van der Waals surface area contributed by atoms with Crippen LogP contribution in [0.25, 0.3) is 0 Å². The third-order valence-corrected chi connectivity index (χ3v) is 2.36. The van der Waals surface area contributed by atoms with Crippen molar-refractivity contribution in [3.63, 3.8) is 0 Å². The quantitative estimate of drug-likeness (QED) is 0.797. The van der Waals surface area contributed by atoms with Crippen molar-refractivity contribution in [1.29, 1.82) is 0 Å². The van der Waals surface area contributed by atoms with Crippen molar-refractivity contribution in [2.45, 2.75) is 13.8 Å². The first-order valence-corrected chi connectivity index (χ1v) is 5.26. The van der Waals surface area contributed by atoms with E-state index in [1.165, 1.54) is 0 Å². The highest BCUT2D eigenvalue weighted by Gasteiger charge is 2.05. The van der Waals surface area contributed by atoms with Crippen LogP contribution < -0.4 is 4.74 Å². The first-order chi connectivity index (χ1) is 7.65. The Labute approximate surface area is 99.1 Å². The predicted molar refractivity (Wildman–Crippen MR) is 63.0 cm³/mol. The Hall–Kier alpha value is -1.61. The zero-order valence-electron chi connectivity index (χ0n) is 9.07. The normalized spacial score (nSPS) is 10.2. The molecule has 3 nitrogen and oxygen atoms in total. The Kier molecular flexibility index (Phi) is 3.06. The third kappa shape index (κ3) is 2.49. The molecule has 0 atom stereocenters. The number of halogens is 1. The highest BCUT2D eigenvalue weighted by molar-refractivity contribution is 6.32. The fourth-order valence-electron chi connectivity index (χ4n) is 1.26. The van der Waals surface area contributed by atoms with Gasteiger partial charge in [-0.2, -0.15) is 0 Å². The monoisotopic (exact) mass is 234 g/mol. The maximum Gasteiger partial charge on any atom is 0.322 e. The molecule has 2 rings (SSSR count). The van der Waals surface area contributed by atoms with Crippen LogP contribution in [0.15, 0.2) is 30.5 Å². The highest BCUT2D eigenvalue weighted by Crippen LogP contribution is 2.28. The smallest absolute Gasteiger partial charge is 0.322 e. The van der Waals surface area contributed by atoms with Gasteiger partial charge in [0.1, 0.15) is 5.75 Å². The SMILES string of the molecule is Cc1ccc(Oc2nccc(C)n2)c(Cl)c1. The van der Waals surface area contributed by atoms with Gasteiger partial charge in [-0.1, -0.05) is 17.7 Å². The molecule has 1 aromatic heterocycles. The average molecular weight is 235 g/mol. The molecule has 2 aromatic rings. The Morgan fingerprint density at radius 1 is 1.19 bits per heavy atom. The predicted octanol–water partition coefficient (Wildman–Crippen LogP) is 3.54. The Balaban J connectivity index is 2.27. The summed E-state index contributed by atoms with van der Waals surface area (Å²) in [5.74, 6) is 0.567. The topological polar surface area (TPSA) is 35.0 Å². The number of nitrogens with zero attached hydrogens (tertiary/aromatic N) is 2. The second-order valence-electron chi connectivity index (χ2n) is 3.52. The number of ether oxygens (including phenoxy) is 1. The summed E-state index contributed by atoms with van der Waals surface area (Å²) < 4.78 is 5.49. The number of hydrogen-bond acceptors (Lipinski definition) is 3. The molecule has 1 aromatic carbocycles. The van der Waals surface area contributed by atoms with Gasteiger partial charge in [0.2, 0.25) is 0 Å². The van der Waals surface area contributed by atoms with Crippen LogP contribution in [-0.4, -0.2) is 9.97 Å². The summed E-state index contributed by atoms with van der Waals surface area (Å²) in [5.41, 5.74) is 1.94. The van der Waals surface area contributed by atoms with E-state index >= 15 is 0 Å². The van der Waals surface area contributed by atoms with Crippen molar-refractivity contribution in [1.82, 2.24) is 9.97 Å². The van der Waals surface area contributed by atoms with E-state index in [2.05, 4.69) is 9.97 Å². The fraction of sp³-hybridized carbons (Fsp3) is 0.167. The van der Waals surface area contributed by atoms with Gasteiger partial charge in [-0.15, -0.1) is 0 Å². The van der Waals surface area contributed by atoms with Crippen LogP contribution in [0, 0.1) is 13.8 Å². The summed E-state index contributed by atoms with van der Waals surface area (Å²) in [6, 6.07) is 7.70. The molecular weight excluding hydrogens is 224 g/mol. The van der Waals surface area contributed by atoms with Crippen molar-refractivity contribution >= 4 is 11.6 Å². The van der Waals surface area contributed by atoms with Crippen molar-refractivity contribution in [2.75, 3.05) is 0 Å². The van der Waals surface area contributed by atoms with Gasteiger partial charge in [-0.3, -0.25) is 0 Å². The van der Waals surface area contributed by atoms with E-state index < -0.39 is 0 Å². The van der Waals surface area contributed by atoms with Crippen LogP contribution in [0.1, 0.15) is 11.3 Å². The molecule has 0 aliphatic heterocycles. The Bertz CT molecular complexity index is 514. The number of rotatable bonds is 2. The van der Waals surface area contributed by atoms with Crippen LogP contribution in [0.3, 0.4) is 0 Å². The van der Waals surface area contributed by atoms with Crippen LogP contribution in [-0.2, 0) is 0 Å². The molecule has 0 spiro atoms. The van der Waals surface area contributed by atoms with E-state index in [1.807, 2.05) is 38.1 Å². The molecule has 0 N–H and O–H groups in total. The number of aromatic nitrogens is 2. The summed E-state index contributed by atoms with van der Waals surface area (Å²) in [5, 5.41) is 0.560. The lowest BCUT2D eigenvalue weighted by Gasteiger charge is -2.06. The number of benzene rings is 1. The van der Waals surface area contributed by atoms with Crippen molar-refractivity contribution in [3.05, 3.63) is 46.7 Å². The molecule has 1 heterocycles. The molecule has 0 aliphatic carbocycles. The van der Waals surface area contributed by atoms with E-state index in [0.717, 1.165) is 11.3 Å². The summed E-state index contributed by atoms with van der Waals surface area (Å²) in [6.45, 7) is 3.85. The molecule has 16 heavy (non-hydrogen) atoms. The van der Waals surface area contributed by atoms with Crippen LogP contribution in [0.2, 0.25) is 5.02 Å². The maximum absolute atomic E-state index is 6.04. The average Bonchev–Trinajstić information content (AvgIpc) is 2.22. The Morgan fingerprint density at radius 3 is 2.69 bits per heavy atom. The maximum atomic E-state index is 6.04. The van der Waals surface area contributed by atoms with E-state index in [-0.39, 0.29) is 0 Å². The minimum Gasteiger partial charge on any atom is -0.423 e. The first kappa shape index (κ1) is 10.9. The third-order valence-electron chi connectivity index (χ3n) is 2.06. The van der Waals surface area contributed by atoms with Gasteiger partial charge >= 0.3 is 6.01 Å². The lowest BCUT2D eigenvalue weighted by molar-refractivity contribution is 0.440. The largest absolute Gasteiger partial charge is 0.423 e. The number of aryl methyl sites for hydroxylation is 2. The van der Waals surface area contributed by atoms with Gasteiger partial charge in [-0.25, -0.2) is 9.97 Å². The summed E-state index contributed by atoms with van der Waals surface area (Å²) >= 11 is 6.04. The molecule has 82 valence electrons. The van der Waals surface area contributed by atoms with E-state index in [0.29, 0.717) is 16.8 Å². The summed E-state index contributed by atoms with van der Waals surface area (Å²) in [6.07, 6.45) is 1.65. The molecule has 4 heteroatoms. The van der Waals surface area contributed by atoms with Gasteiger partial charge in [0, 0.05) is 11.9 Å². The first-order valence-electron chi connectivity index (χ1n) is 4.89. The fourth-order valence-corrected chi connectivity index (χ4v) is 1.54. The molecule has 0 aliphatic rings. The van der Waals surface area contributed by atoms with Crippen molar-refractivity contribution < 1.29 is 4.74 Å². The molecule has 0 amide bonds. The summed E-state index contributed by atoms with van der Waals surface area (Å²) in [7, 11) is 0. The van der Waals surface area contributed by atoms with Gasteiger partial charge in [0.05, 0.1) is 5.02 Å². The van der Waals surface area contributed by atoms with E-state index in [9.17, 15) is 0 Å². The van der Waals surface area contributed by atoms with Crippen molar-refractivity contribution in [3.8, 4) is 11.8 Å². The molecule has 0 fully saturated rings. The zero-order chi connectivity index (χ0) is 11.5. The molecule has 0 bridgehead atoms.